The molecule has 10 heteroatoms. The Morgan fingerprint density at radius 1 is 1.00 bits per heavy atom. The van der Waals surface area contributed by atoms with Crippen LogP contribution in [0, 0.1) is 5.82 Å². The van der Waals surface area contributed by atoms with Gasteiger partial charge in [0.05, 0.1) is 10.6 Å². The molecule has 206 valence electrons. The first-order valence-corrected chi connectivity index (χ1v) is 14.6. The molecule has 1 aliphatic rings. The zero-order valence-electron chi connectivity index (χ0n) is 21.6. The SMILES string of the molecule is C[C@@H](C(=O)NC1CCCC1)N(Cc1cccc(Cl)c1)C(=O)CN(c1ccc(F)cc1)S(=O)(=O)c1ccccc1. The minimum absolute atomic E-state index is 0.0180. The van der Waals surface area contributed by atoms with Gasteiger partial charge < -0.3 is 10.2 Å². The average Bonchev–Trinajstić information content (AvgIpc) is 3.44. The van der Waals surface area contributed by atoms with Crippen molar-refractivity contribution in [2.75, 3.05) is 10.8 Å². The Morgan fingerprint density at radius 2 is 1.67 bits per heavy atom. The van der Waals surface area contributed by atoms with Crippen LogP contribution in [0.25, 0.3) is 0 Å². The van der Waals surface area contributed by atoms with Crippen LogP contribution in [0.2, 0.25) is 5.02 Å². The topological polar surface area (TPSA) is 86.8 Å². The van der Waals surface area contributed by atoms with Crippen molar-refractivity contribution in [2.24, 2.45) is 0 Å². The highest BCUT2D eigenvalue weighted by molar-refractivity contribution is 7.92. The number of halogens is 2. The van der Waals surface area contributed by atoms with Crippen LogP contribution in [0.5, 0.6) is 0 Å². The molecule has 1 N–H and O–H groups in total. The minimum Gasteiger partial charge on any atom is -0.352 e. The highest BCUT2D eigenvalue weighted by atomic mass is 35.5. The van der Waals surface area contributed by atoms with Gasteiger partial charge in [0.1, 0.15) is 18.4 Å². The molecule has 1 atom stereocenters. The predicted molar refractivity (Wildman–Crippen MR) is 149 cm³/mol. The normalized spacial score (nSPS) is 14.5. The van der Waals surface area contributed by atoms with E-state index in [0.29, 0.717) is 10.6 Å². The van der Waals surface area contributed by atoms with Crippen molar-refractivity contribution in [1.82, 2.24) is 10.2 Å². The first-order valence-electron chi connectivity index (χ1n) is 12.8. The van der Waals surface area contributed by atoms with Gasteiger partial charge in [0.25, 0.3) is 10.0 Å². The molecule has 0 spiro atoms. The van der Waals surface area contributed by atoms with E-state index in [-0.39, 0.29) is 29.1 Å². The zero-order valence-corrected chi connectivity index (χ0v) is 23.2. The van der Waals surface area contributed by atoms with E-state index in [4.69, 9.17) is 11.6 Å². The number of nitrogens with one attached hydrogen (secondary N) is 1. The maximum absolute atomic E-state index is 13.9. The molecule has 0 aromatic heterocycles. The van der Waals surface area contributed by atoms with Crippen molar-refractivity contribution in [3.8, 4) is 0 Å². The Balaban J connectivity index is 1.67. The molecule has 7 nitrogen and oxygen atoms in total. The van der Waals surface area contributed by atoms with E-state index in [2.05, 4.69) is 5.32 Å². The number of sulfonamides is 1. The van der Waals surface area contributed by atoms with Gasteiger partial charge in [-0.2, -0.15) is 0 Å². The summed E-state index contributed by atoms with van der Waals surface area (Å²) in [5.41, 5.74) is 0.815. The lowest BCUT2D eigenvalue weighted by Gasteiger charge is -2.32. The lowest BCUT2D eigenvalue weighted by Crippen LogP contribution is -2.52. The number of hydrogen-bond donors (Lipinski definition) is 1. The number of rotatable bonds is 10. The molecule has 0 saturated heterocycles. The molecule has 0 heterocycles. The molecule has 1 aliphatic carbocycles. The Hall–Kier alpha value is -3.43. The second-order valence-electron chi connectivity index (χ2n) is 9.62. The highest BCUT2D eigenvalue weighted by Gasteiger charge is 2.33. The van der Waals surface area contributed by atoms with Crippen LogP contribution >= 0.6 is 11.6 Å². The number of hydrogen-bond acceptors (Lipinski definition) is 4. The second kappa shape index (κ2) is 12.6. The molecule has 4 rings (SSSR count). The van der Waals surface area contributed by atoms with Gasteiger partial charge in [-0.25, -0.2) is 12.8 Å². The first kappa shape index (κ1) is 28.6. The minimum atomic E-state index is -4.20. The van der Waals surface area contributed by atoms with Crippen LogP contribution in [0.1, 0.15) is 38.2 Å². The summed E-state index contributed by atoms with van der Waals surface area (Å²) >= 11 is 6.17. The van der Waals surface area contributed by atoms with Crippen molar-refractivity contribution in [3.05, 3.63) is 95.3 Å². The first-order chi connectivity index (χ1) is 18.6. The van der Waals surface area contributed by atoms with E-state index >= 15 is 0 Å². The fourth-order valence-corrected chi connectivity index (χ4v) is 6.31. The lowest BCUT2D eigenvalue weighted by atomic mass is 10.1. The fraction of sp³-hybridized carbons (Fsp3) is 0.310. The van der Waals surface area contributed by atoms with E-state index in [1.54, 1.807) is 49.4 Å². The zero-order chi connectivity index (χ0) is 28.0. The maximum Gasteiger partial charge on any atom is 0.264 e. The summed E-state index contributed by atoms with van der Waals surface area (Å²) < 4.78 is 42.0. The van der Waals surface area contributed by atoms with Gasteiger partial charge in [-0.15, -0.1) is 0 Å². The molecule has 39 heavy (non-hydrogen) atoms. The van der Waals surface area contributed by atoms with Crippen molar-refractivity contribution < 1.29 is 22.4 Å². The number of carbonyl (C=O) groups excluding carboxylic acids is 2. The van der Waals surface area contributed by atoms with Gasteiger partial charge in [0, 0.05) is 17.6 Å². The maximum atomic E-state index is 13.9. The van der Waals surface area contributed by atoms with Crippen LogP contribution < -0.4 is 9.62 Å². The summed E-state index contributed by atoms with van der Waals surface area (Å²) in [6, 6.07) is 18.7. The van der Waals surface area contributed by atoms with Crippen molar-refractivity contribution in [2.45, 2.75) is 56.1 Å². The monoisotopic (exact) mass is 571 g/mol. The van der Waals surface area contributed by atoms with Crippen LogP contribution in [-0.2, 0) is 26.2 Å². The third-order valence-corrected chi connectivity index (χ3v) is 8.86. The molecule has 3 aromatic rings. The fourth-order valence-electron chi connectivity index (χ4n) is 4.66. The van der Waals surface area contributed by atoms with Gasteiger partial charge in [-0.1, -0.05) is 54.8 Å². The highest BCUT2D eigenvalue weighted by Crippen LogP contribution is 2.25. The standard InChI is InChI=1S/C29H31ClFN3O4S/c1-21(29(36)32-25-10-5-6-11-25)33(19-22-8-7-9-23(30)18-22)28(35)20-34(26-16-14-24(31)15-17-26)39(37,38)27-12-3-2-4-13-27/h2-4,7-9,12-18,21,25H,5-6,10-11,19-20H2,1H3,(H,32,36)/t21-/m0/s1. The summed E-state index contributed by atoms with van der Waals surface area (Å²) in [4.78, 5) is 28.4. The van der Waals surface area contributed by atoms with E-state index in [0.717, 1.165) is 42.1 Å². The molecule has 0 unspecified atom stereocenters. The largest absolute Gasteiger partial charge is 0.352 e. The van der Waals surface area contributed by atoms with E-state index in [1.807, 2.05) is 0 Å². The van der Waals surface area contributed by atoms with Gasteiger partial charge in [0.15, 0.2) is 0 Å². The molecule has 2 amide bonds. The Morgan fingerprint density at radius 3 is 2.31 bits per heavy atom. The number of anilines is 1. The molecule has 1 fully saturated rings. The van der Waals surface area contributed by atoms with Crippen LogP contribution in [0.4, 0.5) is 10.1 Å². The van der Waals surface area contributed by atoms with E-state index in [1.165, 1.54) is 29.2 Å². The van der Waals surface area contributed by atoms with Crippen LogP contribution in [0.15, 0.2) is 83.8 Å². The Labute approximate surface area is 233 Å². The van der Waals surface area contributed by atoms with Crippen LogP contribution in [-0.4, -0.2) is 43.8 Å². The number of benzene rings is 3. The van der Waals surface area contributed by atoms with Crippen molar-refractivity contribution >= 4 is 39.1 Å². The summed E-state index contributed by atoms with van der Waals surface area (Å²) in [5, 5.41) is 3.50. The Bertz CT molecular complexity index is 1400. The smallest absolute Gasteiger partial charge is 0.264 e. The molecule has 1 saturated carbocycles. The Kier molecular flexibility index (Phi) is 9.24. The van der Waals surface area contributed by atoms with Gasteiger partial charge >= 0.3 is 0 Å². The van der Waals surface area contributed by atoms with Crippen molar-refractivity contribution in [3.63, 3.8) is 0 Å². The number of carbonyl (C=O) groups is 2. The third kappa shape index (κ3) is 7.16. The number of amides is 2. The molecular weight excluding hydrogens is 541 g/mol. The van der Waals surface area contributed by atoms with Crippen LogP contribution in [0.3, 0.4) is 0 Å². The lowest BCUT2D eigenvalue weighted by molar-refractivity contribution is -0.139. The molecular formula is C29H31ClFN3O4S. The van der Waals surface area contributed by atoms with E-state index in [9.17, 15) is 22.4 Å². The average molecular weight is 572 g/mol. The summed E-state index contributed by atoms with van der Waals surface area (Å²) in [7, 11) is -4.20. The van der Waals surface area contributed by atoms with Gasteiger partial charge in [0.2, 0.25) is 11.8 Å². The molecule has 0 bridgehead atoms. The second-order valence-corrected chi connectivity index (χ2v) is 11.9. The van der Waals surface area contributed by atoms with Gasteiger partial charge in [-0.05, 0) is 73.9 Å². The van der Waals surface area contributed by atoms with Crippen molar-refractivity contribution in [1.29, 1.82) is 0 Å². The quantitative estimate of drug-likeness (QED) is 0.365. The number of nitrogens with zero attached hydrogens (tertiary/aromatic N) is 2. The van der Waals surface area contributed by atoms with Gasteiger partial charge in [-0.3, -0.25) is 13.9 Å². The summed E-state index contributed by atoms with van der Waals surface area (Å²) in [6.07, 6.45) is 3.84. The summed E-state index contributed by atoms with van der Waals surface area (Å²) in [5.74, 6) is -1.44. The van der Waals surface area contributed by atoms with E-state index < -0.39 is 34.3 Å². The summed E-state index contributed by atoms with van der Waals surface area (Å²) in [6.45, 7) is 1.08. The predicted octanol–water partition coefficient (Wildman–Crippen LogP) is 5.15. The molecule has 0 aliphatic heterocycles. The molecule has 3 aromatic carbocycles. The third-order valence-electron chi connectivity index (χ3n) is 6.84. The molecule has 0 radical (unpaired) electrons.